The zero-order valence-corrected chi connectivity index (χ0v) is 20.8. The maximum atomic E-state index is 12.7. The van der Waals surface area contributed by atoms with E-state index in [4.69, 9.17) is 27.9 Å². The Kier molecular flexibility index (Phi) is 7.36. The van der Waals surface area contributed by atoms with Crippen LogP contribution in [0.3, 0.4) is 0 Å². The molecule has 190 valence electrons. The number of aliphatic carboxylic acids is 1. The van der Waals surface area contributed by atoms with Crippen molar-refractivity contribution in [3.63, 3.8) is 0 Å². The molecule has 0 radical (unpaired) electrons. The molecule has 0 aromatic carbocycles. The molecule has 0 spiro atoms. The van der Waals surface area contributed by atoms with Crippen LogP contribution in [-0.4, -0.2) is 61.8 Å². The highest BCUT2D eigenvalue weighted by Crippen LogP contribution is 2.41. The molecule has 2 atom stereocenters. The lowest BCUT2D eigenvalue weighted by molar-refractivity contribution is -0.667. The summed E-state index contributed by atoms with van der Waals surface area (Å²) in [5, 5.41) is 19.7. The van der Waals surface area contributed by atoms with Gasteiger partial charge in [0.25, 0.3) is 11.8 Å². The Bertz CT molecular complexity index is 1280. The first-order chi connectivity index (χ1) is 17.2. The third-order valence-electron chi connectivity index (χ3n) is 4.95. The zero-order valence-electron chi connectivity index (χ0n) is 18.3. The second-order valence-corrected chi connectivity index (χ2v) is 10.3. The molecule has 15 nitrogen and oxygen atoms in total. The van der Waals surface area contributed by atoms with E-state index >= 15 is 0 Å². The van der Waals surface area contributed by atoms with Crippen molar-refractivity contribution in [2.75, 3.05) is 34.5 Å². The molecule has 1 fully saturated rings. The van der Waals surface area contributed by atoms with Crippen LogP contribution in [0.4, 0.5) is 16.8 Å². The Morgan fingerprint density at radius 2 is 2.17 bits per heavy atom. The number of carbonyl (C=O) groups excluding carboxylic acids is 3. The molecule has 4 rings (SSSR count). The summed E-state index contributed by atoms with van der Waals surface area (Å²) in [6, 6.07) is 0.454. The van der Waals surface area contributed by atoms with Gasteiger partial charge in [0, 0.05) is 16.9 Å². The van der Waals surface area contributed by atoms with E-state index in [0.29, 0.717) is 16.4 Å². The van der Waals surface area contributed by atoms with Gasteiger partial charge in [0.2, 0.25) is 11.6 Å². The fourth-order valence-corrected chi connectivity index (χ4v) is 6.31. The van der Waals surface area contributed by atoms with Crippen LogP contribution in [-0.2, 0) is 25.8 Å². The van der Waals surface area contributed by atoms with Crippen LogP contribution in [0.1, 0.15) is 5.69 Å². The van der Waals surface area contributed by atoms with Gasteiger partial charge < -0.3 is 37.3 Å². The average molecular weight is 553 g/mol. The Hall–Kier alpha value is -3.77. The van der Waals surface area contributed by atoms with Crippen LogP contribution in [0.2, 0.25) is 0 Å². The summed E-state index contributed by atoms with van der Waals surface area (Å²) in [5.74, 6) is 3.83. The molecule has 2 aliphatic heterocycles. The van der Waals surface area contributed by atoms with Crippen LogP contribution in [0, 0.1) is 0 Å². The van der Waals surface area contributed by atoms with E-state index < -0.39 is 29.2 Å². The van der Waals surface area contributed by atoms with Crippen LogP contribution < -0.4 is 38.1 Å². The Balaban J connectivity index is 1.37. The highest BCUT2D eigenvalue weighted by molar-refractivity contribution is 8.01. The number of hydrogen-bond donors (Lipinski definition) is 5. The van der Waals surface area contributed by atoms with Crippen molar-refractivity contribution in [1.29, 1.82) is 0 Å². The Morgan fingerprint density at radius 1 is 1.39 bits per heavy atom. The summed E-state index contributed by atoms with van der Waals surface area (Å²) in [5.41, 5.74) is 17.7. The molecule has 36 heavy (non-hydrogen) atoms. The van der Waals surface area contributed by atoms with Crippen LogP contribution in [0.5, 0.6) is 0 Å². The van der Waals surface area contributed by atoms with Gasteiger partial charge in [0.05, 0.1) is 23.4 Å². The number of nitrogens with one attached hydrogen (secondary N) is 1. The van der Waals surface area contributed by atoms with Gasteiger partial charge in [-0.25, -0.2) is 4.98 Å². The highest BCUT2D eigenvalue weighted by atomic mass is 32.2. The number of thiazole rings is 1. The summed E-state index contributed by atoms with van der Waals surface area (Å²) in [7, 11) is 0. The van der Waals surface area contributed by atoms with Crippen molar-refractivity contribution in [3.8, 4) is 0 Å². The second kappa shape index (κ2) is 10.5. The van der Waals surface area contributed by atoms with Gasteiger partial charge in [0.15, 0.2) is 11.7 Å². The first kappa shape index (κ1) is 25.3. The zero-order chi connectivity index (χ0) is 26.0. The predicted molar refractivity (Wildman–Crippen MR) is 131 cm³/mol. The number of thioether (sulfide) groups is 2. The number of carbonyl (C=O) groups is 3. The molecular formula is C18H20N10O5S3. The average Bonchev–Trinajstić information content (AvgIpc) is 3.25. The Morgan fingerprint density at radius 3 is 2.86 bits per heavy atom. The lowest BCUT2D eigenvalue weighted by atomic mass is 10.0. The van der Waals surface area contributed by atoms with Gasteiger partial charge >= 0.3 is 5.16 Å². The first-order valence-corrected chi connectivity index (χ1v) is 13.0. The number of rotatable bonds is 9. The molecule has 2 amide bonds. The number of aromatic nitrogens is 3. The smallest absolute Gasteiger partial charge is 0.322 e. The van der Waals surface area contributed by atoms with E-state index in [9.17, 15) is 19.5 Å². The van der Waals surface area contributed by atoms with E-state index in [0.717, 1.165) is 27.6 Å². The molecule has 2 aliphatic rings. The standard InChI is InChI=1S/C18H20N10O5S3/c19-9-1-10(20)28(22)18(25-9)36-5-7-4-34-15-12(14(30)27(15)13(7)16(31)32)26-11(29)2-23-33-3-8-6-35-17(21)24-8/h1-2,6,12,15H,3-5,22H2,(H7,19,20,21,24,26,29,31,32)/b23-2-. The molecule has 0 bridgehead atoms. The van der Waals surface area contributed by atoms with Crippen molar-refractivity contribution in [2.24, 2.45) is 5.16 Å². The number of anilines is 3. The number of nitrogens with two attached hydrogens (primary N) is 4. The van der Waals surface area contributed by atoms with E-state index in [1.165, 1.54) is 29.2 Å². The number of fused-ring (bicyclic) bond motifs is 1. The second-order valence-electron chi connectivity index (χ2n) is 7.37. The topological polar surface area (TPSA) is 245 Å². The van der Waals surface area contributed by atoms with Crippen LogP contribution in [0.25, 0.3) is 0 Å². The molecule has 18 heteroatoms. The van der Waals surface area contributed by atoms with Crippen molar-refractivity contribution >= 4 is 75.6 Å². The molecule has 4 heterocycles. The first-order valence-electron chi connectivity index (χ1n) is 10.1. The van der Waals surface area contributed by atoms with Crippen LogP contribution >= 0.6 is 34.9 Å². The molecule has 0 aliphatic carbocycles. The number of carboxylic acid groups (broad SMARTS) is 1. The van der Waals surface area contributed by atoms with Crippen LogP contribution in [0.15, 0.2) is 33.0 Å². The normalized spacial score (nSPS) is 19.2. The van der Waals surface area contributed by atoms with E-state index in [-0.39, 0.29) is 40.6 Å². The summed E-state index contributed by atoms with van der Waals surface area (Å²) in [6.45, 7) is 0.0223. The molecule has 2 aromatic heterocycles. The van der Waals surface area contributed by atoms with Gasteiger partial charge in [-0.1, -0.05) is 10.1 Å². The number of carboxylic acids is 1. The fourth-order valence-electron chi connectivity index (χ4n) is 3.33. The fraction of sp³-hybridized carbons (Fsp3) is 0.278. The van der Waals surface area contributed by atoms with Crippen molar-refractivity contribution in [2.45, 2.75) is 23.2 Å². The highest BCUT2D eigenvalue weighted by Gasteiger charge is 2.52. The molecule has 1 saturated heterocycles. The lowest BCUT2D eigenvalue weighted by Crippen LogP contribution is -2.71. The molecule has 0 saturated carbocycles. The minimum atomic E-state index is -1.51. The van der Waals surface area contributed by atoms with Crippen molar-refractivity contribution < 1.29 is 29.0 Å². The number of oxime groups is 1. The number of hydrogen-bond acceptors (Lipinski definition) is 15. The number of nitrogens with zero attached hydrogens (tertiary/aromatic N) is 5. The SMILES string of the molecule is Nc1cc(N)[n+](N)c(SCC2=C(C(=O)[O-])N3C(=O)C(NC(=O)/C=N\OCc4csc(N)n4)C3SC2)n1. The monoisotopic (exact) mass is 552 g/mol. The number of amides is 2. The molecule has 2 unspecified atom stereocenters. The predicted octanol–water partition coefficient (Wildman–Crippen LogP) is -3.02. The molecule has 2 aromatic rings. The molecule has 9 N–H and O–H groups in total. The Labute approximate surface area is 215 Å². The third-order valence-corrected chi connectivity index (χ3v) is 8.05. The lowest BCUT2D eigenvalue weighted by Gasteiger charge is -2.50. The number of nitrogen functional groups attached to an aromatic ring is 4. The minimum absolute atomic E-state index is 0.0223. The quantitative estimate of drug-likeness (QED) is 0.0396. The summed E-state index contributed by atoms with van der Waals surface area (Å²) < 4.78 is 1.12. The van der Waals surface area contributed by atoms with E-state index in [1.54, 1.807) is 5.38 Å². The van der Waals surface area contributed by atoms with Gasteiger partial charge in [-0.2, -0.15) is 0 Å². The summed E-state index contributed by atoms with van der Waals surface area (Å²) in [4.78, 5) is 51.0. The maximum Gasteiger partial charge on any atom is 0.322 e. The van der Waals surface area contributed by atoms with Crippen molar-refractivity contribution in [1.82, 2.24) is 20.2 Å². The van der Waals surface area contributed by atoms with E-state index in [1.807, 2.05) is 0 Å². The summed E-state index contributed by atoms with van der Waals surface area (Å²) >= 11 is 3.65. The summed E-state index contributed by atoms with van der Waals surface area (Å²) in [6.07, 6.45) is 0.878. The van der Waals surface area contributed by atoms with Crippen molar-refractivity contribution in [3.05, 3.63) is 28.4 Å². The number of β-lactam (4-membered cyclic amide) rings is 1. The largest absolute Gasteiger partial charge is 0.543 e. The third kappa shape index (κ3) is 5.24. The van der Waals surface area contributed by atoms with Gasteiger partial charge in [-0.05, 0) is 17.3 Å². The minimum Gasteiger partial charge on any atom is -0.543 e. The molecular weight excluding hydrogens is 532 g/mol. The van der Waals surface area contributed by atoms with Gasteiger partial charge in [-0.3, -0.25) is 20.3 Å². The van der Waals surface area contributed by atoms with E-state index in [2.05, 4.69) is 20.4 Å². The maximum absolute atomic E-state index is 12.7. The van der Waals surface area contributed by atoms with Gasteiger partial charge in [-0.15, -0.1) is 27.8 Å². The van der Waals surface area contributed by atoms with Gasteiger partial charge in [0.1, 0.15) is 17.6 Å².